The summed E-state index contributed by atoms with van der Waals surface area (Å²) >= 11 is 0. The first-order valence-corrected chi connectivity index (χ1v) is 12.9. The maximum atomic E-state index is 13.9. The Morgan fingerprint density at radius 2 is 1.74 bits per heavy atom. The van der Waals surface area contributed by atoms with Crippen LogP contribution in [0.2, 0.25) is 0 Å². The molecule has 1 aliphatic rings. The highest BCUT2D eigenvalue weighted by atomic mass is 19.2. The van der Waals surface area contributed by atoms with Gasteiger partial charge in [-0.25, -0.2) is 13.2 Å². The molecule has 1 aliphatic carbocycles. The summed E-state index contributed by atoms with van der Waals surface area (Å²) in [6.07, 6.45) is 5.78. The highest BCUT2D eigenvalue weighted by molar-refractivity contribution is 5.96. The number of carbonyl (C=O) groups is 2. The van der Waals surface area contributed by atoms with Gasteiger partial charge in [0.15, 0.2) is 17.4 Å². The van der Waals surface area contributed by atoms with E-state index in [-0.39, 0.29) is 23.9 Å². The second-order valence-corrected chi connectivity index (χ2v) is 9.83. The van der Waals surface area contributed by atoms with Crippen LogP contribution >= 0.6 is 0 Å². The SMILES string of the molecule is C[C@@H](CNc1cccc(F)c1F)NC(=O)C(CC1CCCCC1)NC(=O)c1ccc(-c2cccc(F)c2)o1. The zero-order valence-electron chi connectivity index (χ0n) is 21.2. The number of hydrogen-bond acceptors (Lipinski definition) is 4. The van der Waals surface area contributed by atoms with Gasteiger partial charge in [-0.2, -0.15) is 0 Å². The van der Waals surface area contributed by atoms with Gasteiger partial charge in [0, 0.05) is 18.2 Å². The quantitative estimate of drug-likeness (QED) is 0.300. The van der Waals surface area contributed by atoms with Crippen LogP contribution in [-0.4, -0.2) is 30.4 Å². The van der Waals surface area contributed by atoms with E-state index in [1.807, 2.05) is 0 Å². The molecule has 0 spiro atoms. The average molecular weight is 528 g/mol. The van der Waals surface area contributed by atoms with E-state index in [4.69, 9.17) is 4.42 Å². The number of amides is 2. The maximum Gasteiger partial charge on any atom is 0.287 e. The molecule has 0 aliphatic heterocycles. The van der Waals surface area contributed by atoms with Crippen LogP contribution < -0.4 is 16.0 Å². The van der Waals surface area contributed by atoms with Crippen LogP contribution in [0.1, 0.15) is 56.0 Å². The number of halogens is 3. The van der Waals surface area contributed by atoms with Crippen molar-refractivity contribution in [1.82, 2.24) is 10.6 Å². The molecule has 3 aromatic rings. The van der Waals surface area contributed by atoms with Gasteiger partial charge in [-0.05, 0) is 55.7 Å². The highest BCUT2D eigenvalue weighted by Crippen LogP contribution is 2.28. The van der Waals surface area contributed by atoms with Crippen molar-refractivity contribution in [3.8, 4) is 11.3 Å². The first-order valence-electron chi connectivity index (χ1n) is 12.9. The Morgan fingerprint density at radius 1 is 0.974 bits per heavy atom. The van der Waals surface area contributed by atoms with Gasteiger partial charge >= 0.3 is 0 Å². The summed E-state index contributed by atoms with van der Waals surface area (Å²) in [5, 5.41) is 8.48. The van der Waals surface area contributed by atoms with Gasteiger partial charge < -0.3 is 20.4 Å². The number of nitrogens with one attached hydrogen (secondary N) is 3. The van der Waals surface area contributed by atoms with Crippen molar-refractivity contribution in [2.24, 2.45) is 5.92 Å². The molecule has 2 amide bonds. The fraction of sp³-hybridized carbons (Fsp3) is 0.379. The molecule has 202 valence electrons. The Morgan fingerprint density at radius 3 is 2.50 bits per heavy atom. The predicted octanol–water partition coefficient (Wildman–Crippen LogP) is 6.05. The minimum Gasteiger partial charge on any atom is -0.451 e. The Hall–Kier alpha value is -3.75. The average Bonchev–Trinajstić information content (AvgIpc) is 3.40. The molecule has 9 heteroatoms. The molecular weight excluding hydrogens is 495 g/mol. The number of furan rings is 1. The molecule has 0 radical (unpaired) electrons. The minimum absolute atomic E-state index is 0.00470. The van der Waals surface area contributed by atoms with E-state index in [0.717, 1.165) is 38.2 Å². The van der Waals surface area contributed by atoms with Crippen molar-refractivity contribution in [1.29, 1.82) is 0 Å². The van der Waals surface area contributed by atoms with Crippen LogP contribution in [0.5, 0.6) is 0 Å². The van der Waals surface area contributed by atoms with E-state index in [1.54, 1.807) is 25.1 Å². The van der Waals surface area contributed by atoms with Crippen molar-refractivity contribution < 1.29 is 27.2 Å². The van der Waals surface area contributed by atoms with Crippen molar-refractivity contribution in [3.05, 3.63) is 77.8 Å². The lowest BCUT2D eigenvalue weighted by molar-refractivity contribution is -0.124. The number of hydrogen-bond donors (Lipinski definition) is 3. The predicted molar refractivity (Wildman–Crippen MR) is 139 cm³/mol. The molecule has 6 nitrogen and oxygen atoms in total. The lowest BCUT2D eigenvalue weighted by Gasteiger charge is -2.27. The summed E-state index contributed by atoms with van der Waals surface area (Å²) in [4.78, 5) is 26.3. The maximum absolute atomic E-state index is 13.9. The molecule has 38 heavy (non-hydrogen) atoms. The molecule has 0 bridgehead atoms. The summed E-state index contributed by atoms with van der Waals surface area (Å²) in [5.74, 6) is -2.61. The third-order valence-electron chi connectivity index (χ3n) is 6.79. The molecule has 1 saturated carbocycles. The Balaban J connectivity index is 1.41. The van der Waals surface area contributed by atoms with E-state index >= 15 is 0 Å². The topological polar surface area (TPSA) is 83.4 Å². The molecule has 1 unspecified atom stereocenters. The standard InChI is InChI=1S/C29H32F3N3O3/c1-18(17-33-23-12-6-11-22(31)27(23)32)34-28(36)24(15-19-7-3-2-4-8-19)35-29(37)26-14-13-25(38-26)20-9-5-10-21(30)16-20/h5-6,9-14,16,18-19,24,33H,2-4,7-8,15,17H2,1H3,(H,34,36)(H,35,37)/t18-,24?/m0/s1. The molecule has 3 N–H and O–H groups in total. The van der Waals surface area contributed by atoms with Gasteiger partial charge in [-0.15, -0.1) is 0 Å². The summed E-state index contributed by atoms with van der Waals surface area (Å²) in [6.45, 7) is 1.89. The second kappa shape index (κ2) is 12.7. The first-order chi connectivity index (χ1) is 18.3. The largest absolute Gasteiger partial charge is 0.451 e. The van der Waals surface area contributed by atoms with Crippen LogP contribution in [0.15, 0.2) is 59.0 Å². The molecule has 1 heterocycles. The third-order valence-corrected chi connectivity index (χ3v) is 6.79. The first kappa shape index (κ1) is 27.3. The lowest BCUT2D eigenvalue weighted by Crippen LogP contribution is -2.51. The Kier molecular flexibility index (Phi) is 9.10. The summed E-state index contributed by atoms with van der Waals surface area (Å²) in [7, 11) is 0. The van der Waals surface area contributed by atoms with Gasteiger partial charge in [0.25, 0.3) is 5.91 Å². The van der Waals surface area contributed by atoms with E-state index in [9.17, 15) is 22.8 Å². The van der Waals surface area contributed by atoms with Crippen molar-refractivity contribution in [2.75, 3.05) is 11.9 Å². The number of anilines is 1. The number of rotatable bonds is 10. The number of benzene rings is 2. The number of carbonyl (C=O) groups excluding carboxylic acids is 2. The van der Waals surface area contributed by atoms with Gasteiger partial charge in [0.1, 0.15) is 17.6 Å². The molecule has 2 aromatic carbocycles. The monoisotopic (exact) mass is 527 g/mol. The zero-order chi connectivity index (χ0) is 27.1. The third kappa shape index (κ3) is 7.18. The molecule has 0 saturated heterocycles. The zero-order valence-corrected chi connectivity index (χ0v) is 21.2. The fourth-order valence-electron chi connectivity index (χ4n) is 4.77. The van der Waals surface area contributed by atoms with E-state index < -0.39 is 35.4 Å². The minimum atomic E-state index is -0.982. The van der Waals surface area contributed by atoms with E-state index in [1.165, 1.54) is 30.3 Å². The summed E-state index contributed by atoms with van der Waals surface area (Å²) in [6, 6.07) is 11.5. The second-order valence-electron chi connectivity index (χ2n) is 9.83. The molecule has 1 aromatic heterocycles. The van der Waals surface area contributed by atoms with Crippen LogP contribution in [-0.2, 0) is 4.79 Å². The van der Waals surface area contributed by atoms with Crippen molar-refractivity contribution in [3.63, 3.8) is 0 Å². The van der Waals surface area contributed by atoms with Crippen LogP contribution in [0.25, 0.3) is 11.3 Å². The van der Waals surface area contributed by atoms with Gasteiger partial charge in [0.05, 0.1) is 5.69 Å². The van der Waals surface area contributed by atoms with Gasteiger partial charge in [-0.3, -0.25) is 9.59 Å². The molecule has 2 atom stereocenters. The van der Waals surface area contributed by atoms with Crippen LogP contribution in [0, 0.1) is 23.4 Å². The molecular formula is C29H32F3N3O3. The van der Waals surface area contributed by atoms with E-state index in [2.05, 4.69) is 16.0 Å². The van der Waals surface area contributed by atoms with Gasteiger partial charge in [-0.1, -0.05) is 50.3 Å². The van der Waals surface area contributed by atoms with Gasteiger partial charge in [0.2, 0.25) is 5.91 Å². The van der Waals surface area contributed by atoms with Crippen LogP contribution in [0.3, 0.4) is 0 Å². The van der Waals surface area contributed by atoms with Crippen molar-refractivity contribution >= 4 is 17.5 Å². The Labute approximate surface area is 220 Å². The van der Waals surface area contributed by atoms with Crippen molar-refractivity contribution in [2.45, 2.75) is 57.5 Å². The lowest BCUT2D eigenvalue weighted by atomic mass is 9.84. The normalized spacial score (nSPS) is 15.5. The summed E-state index contributed by atoms with van der Waals surface area (Å²) < 4.78 is 46.7. The Bertz CT molecular complexity index is 1260. The molecule has 1 fully saturated rings. The van der Waals surface area contributed by atoms with Crippen LogP contribution in [0.4, 0.5) is 18.9 Å². The fourth-order valence-corrected chi connectivity index (χ4v) is 4.77. The summed E-state index contributed by atoms with van der Waals surface area (Å²) in [5.41, 5.74) is 0.502. The highest BCUT2D eigenvalue weighted by Gasteiger charge is 2.28. The smallest absolute Gasteiger partial charge is 0.287 e. The molecule has 4 rings (SSSR count). The van der Waals surface area contributed by atoms with E-state index in [0.29, 0.717) is 23.7 Å².